The fourth-order valence-electron chi connectivity index (χ4n) is 2.06. The number of ether oxygens (including phenoxy) is 1. The Morgan fingerprint density at radius 1 is 1.44 bits per heavy atom. The Kier molecular flexibility index (Phi) is 6.07. The maximum absolute atomic E-state index is 11.8. The van der Waals surface area contributed by atoms with Crippen molar-refractivity contribution in [2.75, 3.05) is 19.8 Å². The second-order valence-electron chi connectivity index (χ2n) is 4.61. The van der Waals surface area contributed by atoms with Gasteiger partial charge < -0.3 is 20.5 Å². The van der Waals surface area contributed by atoms with Crippen molar-refractivity contribution in [3.63, 3.8) is 0 Å². The van der Waals surface area contributed by atoms with E-state index >= 15 is 0 Å². The van der Waals surface area contributed by atoms with Gasteiger partial charge in [0.15, 0.2) is 0 Å². The van der Waals surface area contributed by atoms with Crippen LogP contribution in [-0.4, -0.2) is 53.7 Å². The lowest BCUT2D eigenvalue weighted by Crippen LogP contribution is -2.45. The molecule has 0 aliphatic carbocycles. The summed E-state index contributed by atoms with van der Waals surface area (Å²) < 4.78 is 5.25. The van der Waals surface area contributed by atoms with Crippen molar-refractivity contribution < 1.29 is 19.4 Å². The molecule has 2 amide bonds. The first-order chi connectivity index (χ1) is 8.56. The quantitative estimate of drug-likeness (QED) is 0.610. The highest BCUT2D eigenvalue weighted by Crippen LogP contribution is 2.17. The van der Waals surface area contributed by atoms with Crippen LogP contribution in [0.5, 0.6) is 0 Å². The fourth-order valence-corrected chi connectivity index (χ4v) is 2.06. The Morgan fingerprint density at radius 3 is 2.78 bits per heavy atom. The van der Waals surface area contributed by atoms with Crippen LogP contribution in [0.1, 0.15) is 32.6 Å². The molecule has 0 aromatic heterocycles. The monoisotopic (exact) mass is 258 g/mol. The first-order valence-corrected chi connectivity index (χ1v) is 6.40. The smallest absolute Gasteiger partial charge is 0.249 e. The van der Waals surface area contributed by atoms with Crippen molar-refractivity contribution in [3.05, 3.63) is 0 Å². The van der Waals surface area contributed by atoms with Crippen LogP contribution in [0.25, 0.3) is 0 Å². The number of amides is 2. The van der Waals surface area contributed by atoms with E-state index in [4.69, 9.17) is 10.5 Å². The van der Waals surface area contributed by atoms with E-state index in [0.717, 1.165) is 19.3 Å². The largest absolute Gasteiger partial charge is 0.391 e. The van der Waals surface area contributed by atoms with Crippen LogP contribution >= 0.6 is 0 Å². The van der Waals surface area contributed by atoms with Crippen molar-refractivity contribution in [1.29, 1.82) is 0 Å². The molecule has 0 spiro atoms. The van der Waals surface area contributed by atoms with Crippen LogP contribution in [0.3, 0.4) is 0 Å². The van der Waals surface area contributed by atoms with Crippen molar-refractivity contribution >= 4 is 11.8 Å². The fraction of sp³-hybridized carbons (Fsp3) is 0.833. The van der Waals surface area contributed by atoms with E-state index in [1.54, 1.807) is 0 Å². The zero-order valence-electron chi connectivity index (χ0n) is 10.8. The summed E-state index contributed by atoms with van der Waals surface area (Å²) in [6, 6.07) is -0.702. The molecule has 1 aliphatic rings. The maximum atomic E-state index is 11.8. The van der Waals surface area contributed by atoms with Crippen LogP contribution in [-0.2, 0) is 14.3 Å². The summed E-state index contributed by atoms with van der Waals surface area (Å²) in [7, 11) is 0. The highest BCUT2D eigenvalue weighted by atomic mass is 16.5. The highest BCUT2D eigenvalue weighted by Gasteiger charge is 2.37. The van der Waals surface area contributed by atoms with E-state index in [0.29, 0.717) is 6.61 Å². The molecule has 1 fully saturated rings. The van der Waals surface area contributed by atoms with Gasteiger partial charge in [0.2, 0.25) is 11.8 Å². The van der Waals surface area contributed by atoms with Gasteiger partial charge in [-0.2, -0.15) is 0 Å². The number of carbonyl (C=O) groups is 2. The van der Waals surface area contributed by atoms with E-state index in [-0.39, 0.29) is 25.5 Å². The molecule has 0 aromatic carbocycles. The van der Waals surface area contributed by atoms with Gasteiger partial charge >= 0.3 is 0 Å². The molecule has 1 aliphatic heterocycles. The number of carbonyl (C=O) groups excluding carboxylic acids is 2. The average molecular weight is 258 g/mol. The minimum absolute atomic E-state index is 0.0553. The third kappa shape index (κ3) is 4.27. The van der Waals surface area contributed by atoms with Crippen molar-refractivity contribution in [3.8, 4) is 0 Å². The number of aliphatic hydroxyl groups is 1. The molecule has 6 heteroatoms. The number of aliphatic hydroxyl groups excluding tert-OH is 1. The highest BCUT2D eigenvalue weighted by molar-refractivity contribution is 5.87. The molecule has 3 N–H and O–H groups in total. The standard InChI is InChI=1S/C12H22N2O4/c1-2-3-4-5-18-8-11(16)14-7-9(15)6-10(14)12(13)17/h9-10,15H,2-8H2,1H3,(H2,13,17)/t9-,10+/m1/s1. The second-order valence-corrected chi connectivity index (χ2v) is 4.61. The molecule has 1 heterocycles. The first kappa shape index (κ1) is 14.9. The molecule has 0 bridgehead atoms. The zero-order chi connectivity index (χ0) is 13.5. The van der Waals surface area contributed by atoms with E-state index in [9.17, 15) is 14.7 Å². The number of hydrogen-bond donors (Lipinski definition) is 2. The van der Waals surface area contributed by atoms with Crippen molar-refractivity contribution in [1.82, 2.24) is 4.90 Å². The lowest BCUT2D eigenvalue weighted by atomic mass is 10.2. The minimum atomic E-state index is -0.702. The van der Waals surface area contributed by atoms with Gasteiger partial charge in [0.05, 0.1) is 6.10 Å². The summed E-state index contributed by atoms with van der Waals surface area (Å²) in [5.74, 6) is -0.863. The van der Waals surface area contributed by atoms with Gasteiger partial charge in [-0.1, -0.05) is 19.8 Å². The number of primary amides is 1. The van der Waals surface area contributed by atoms with Crippen LogP contribution in [0, 0.1) is 0 Å². The topological polar surface area (TPSA) is 92.9 Å². The van der Waals surface area contributed by atoms with Gasteiger partial charge in [0.1, 0.15) is 12.6 Å². The molecule has 104 valence electrons. The Balaban J connectivity index is 2.33. The number of unbranched alkanes of at least 4 members (excludes halogenated alkanes) is 2. The van der Waals surface area contributed by atoms with Gasteiger partial charge in [-0.3, -0.25) is 9.59 Å². The van der Waals surface area contributed by atoms with E-state index in [1.165, 1.54) is 4.90 Å². The van der Waals surface area contributed by atoms with Gasteiger partial charge in [0.25, 0.3) is 0 Å². The van der Waals surface area contributed by atoms with Gasteiger partial charge in [0, 0.05) is 19.6 Å². The third-order valence-electron chi connectivity index (χ3n) is 3.05. The molecule has 0 unspecified atom stereocenters. The molecular weight excluding hydrogens is 236 g/mol. The summed E-state index contributed by atoms with van der Waals surface area (Å²) in [5, 5.41) is 9.47. The third-order valence-corrected chi connectivity index (χ3v) is 3.05. The van der Waals surface area contributed by atoms with Gasteiger partial charge in [-0.25, -0.2) is 0 Å². The van der Waals surface area contributed by atoms with E-state index < -0.39 is 18.1 Å². The SMILES string of the molecule is CCCCCOCC(=O)N1C[C@H](O)C[C@H]1C(N)=O. The summed E-state index contributed by atoms with van der Waals surface area (Å²) in [6.45, 7) is 2.73. The second kappa shape index (κ2) is 7.33. The summed E-state index contributed by atoms with van der Waals surface area (Å²) in [6.07, 6.45) is 2.63. The number of likely N-dealkylation sites (tertiary alicyclic amines) is 1. The lowest BCUT2D eigenvalue weighted by molar-refractivity contribution is -0.141. The maximum Gasteiger partial charge on any atom is 0.249 e. The number of nitrogens with zero attached hydrogens (tertiary/aromatic N) is 1. The molecule has 0 saturated carbocycles. The summed E-state index contributed by atoms with van der Waals surface area (Å²) in [5.41, 5.74) is 5.20. The minimum Gasteiger partial charge on any atom is -0.391 e. The average Bonchev–Trinajstić information content (AvgIpc) is 2.71. The van der Waals surface area contributed by atoms with Crippen LogP contribution in [0.15, 0.2) is 0 Å². The zero-order valence-corrected chi connectivity index (χ0v) is 10.8. The Labute approximate surface area is 107 Å². The Morgan fingerprint density at radius 2 is 2.17 bits per heavy atom. The molecule has 18 heavy (non-hydrogen) atoms. The Hall–Kier alpha value is -1.14. The molecular formula is C12H22N2O4. The number of β-amino-alcohol motifs (C(OH)–C–C–N with tert-alkyl or cyclic N) is 1. The van der Waals surface area contributed by atoms with E-state index in [2.05, 4.69) is 6.92 Å². The van der Waals surface area contributed by atoms with Gasteiger partial charge in [-0.15, -0.1) is 0 Å². The lowest BCUT2D eigenvalue weighted by Gasteiger charge is -2.21. The molecule has 1 rings (SSSR count). The predicted molar refractivity (Wildman–Crippen MR) is 65.7 cm³/mol. The predicted octanol–water partition coefficient (Wildman–Crippen LogP) is -0.360. The van der Waals surface area contributed by atoms with Crippen LogP contribution in [0.4, 0.5) is 0 Å². The number of hydrogen-bond acceptors (Lipinski definition) is 4. The number of nitrogens with two attached hydrogens (primary N) is 1. The molecule has 6 nitrogen and oxygen atoms in total. The molecule has 2 atom stereocenters. The molecule has 0 radical (unpaired) electrons. The van der Waals surface area contributed by atoms with E-state index in [1.807, 2.05) is 0 Å². The Bertz CT molecular complexity index is 296. The van der Waals surface area contributed by atoms with Crippen LogP contribution < -0.4 is 5.73 Å². The molecule has 1 saturated heterocycles. The van der Waals surface area contributed by atoms with Crippen molar-refractivity contribution in [2.45, 2.75) is 44.8 Å². The molecule has 0 aromatic rings. The van der Waals surface area contributed by atoms with Crippen molar-refractivity contribution in [2.24, 2.45) is 5.73 Å². The number of rotatable bonds is 7. The first-order valence-electron chi connectivity index (χ1n) is 6.40. The van der Waals surface area contributed by atoms with Gasteiger partial charge in [-0.05, 0) is 6.42 Å². The summed E-state index contributed by atoms with van der Waals surface area (Å²) >= 11 is 0. The normalized spacial score (nSPS) is 23.3. The summed E-state index contributed by atoms with van der Waals surface area (Å²) in [4.78, 5) is 24.3. The van der Waals surface area contributed by atoms with Crippen LogP contribution in [0.2, 0.25) is 0 Å².